The fourth-order valence-electron chi connectivity index (χ4n) is 1.93. The molecule has 0 aliphatic rings. The molecule has 0 saturated heterocycles. The van der Waals surface area contributed by atoms with Gasteiger partial charge in [0.05, 0.1) is 6.54 Å². The predicted molar refractivity (Wildman–Crippen MR) is 80.7 cm³/mol. The predicted octanol–water partition coefficient (Wildman–Crippen LogP) is 2.20. The Hall–Kier alpha value is -1.84. The van der Waals surface area contributed by atoms with Gasteiger partial charge in [0.1, 0.15) is 0 Å². The molecule has 4 nitrogen and oxygen atoms in total. The Morgan fingerprint density at radius 2 is 1.65 bits per heavy atom. The van der Waals surface area contributed by atoms with Gasteiger partial charge in [-0.1, -0.05) is 31.0 Å². The van der Waals surface area contributed by atoms with Crippen LogP contribution in [0.3, 0.4) is 0 Å². The van der Waals surface area contributed by atoms with Crippen molar-refractivity contribution in [3.63, 3.8) is 0 Å². The van der Waals surface area contributed by atoms with Crippen LogP contribution < -0.4 is 10.6 Å². The molecule has 0 unspecified atom stereocenters. The molecule has 1 aromatic carbocycles. The minimum atomic E-state index is -0.212. The van der Waals surface area contributed by atoms with Gasteiger partial charge in [0.25, 0.3) is 5.91 Å². The Labute approximate surface area is 121 Å². The van der Waals surface area contributed by atoms with Crippen LogP contribution in [0.15, 0.2) is 18.2 Å². The van der Waals surface area contributed by atoms with Crippen molar-refractivity contribution in [1.82, 2.24) is 10.6 Å². The number of rotatable bonds is 6. The molecule has 1 aromatic rings. The number of benzene rings is 1. The fourth-order valence-corrected chi connectivity index (χ4v) is 1.93. The van der Waals surface area contributed by atoms with E-state index >= 15 is 0 Å². The first kappa shape index (κ1) is 16.2. The van der Waals surface area contributed by atoms with Crippen molar-refractivity contribution >= 4 is 11.8 Å². The highest BCUT2D eigenvalue weighted by Gasteiger charge is 2.08. The van der Waals surface area contributed by atoms with Gasteiger partial charge in [0.15, 0.2) is 0 Å². The van der Waals surface area contributed by atoms with Gasteiger partial charge in [-0.25, -0.2) is 0 Å². The Morgan fingerprint density at radius 1 is 1.05 bits per heavy atom. The Kier molecular flexibility index (Phi) is 6.22. The van der Waals surface area contributed by atoms with Gasteiger partial charge in [-0.3, -0.25) is 9.59 Å². The van der Waals surface area contributed by atoms with E-state index in [0.29, 0.717) is 18.0 Å². The molecule has 4 heteroatoms. The van der Waals surface area contributed by atoms with Crippen LogP contribution in [-0.4, -0.2) is 24.9 Å². The first-order valence-corrected chi connectivity index (χ1v) is 7.01. The lowest BCUT2D eigenvalue weighted by atomic mass is 10.1. The summed E-state index contributed by atoms with van der Waals surface area (Å²) in [5, 5.41) is 5.43. The molecule has 0 fully saturated rings. The van der Waals surface area contributed by atoms with E-state index in [-0.39, 0.29) is 18.4 Å². The maximum absolute atomic E-state index is 11.9. The Bertz CT molecular complexity index is 461. The van der Waals surface area contributed by atoms with E-state index in [1.165, 1.54) is 0 Å². The summed E-state index contributed by atoms with van der Waals surface area (Å²) in [4.78, 5) is 23.5. The number of nitrogens with one attached hydrogen (secondary N) is 2. The molecule has 0 atom stereocenters. The van der Waals surface area contributed by atoms with Crippen LogP contribution in [0.25, 0.3) is 0 Å². The molecule has 110 valence electrons. The van der Waals surface area contributed by atoms with E-state index in [1.807, 2.05) is 32.0 Å². The van der Waals surface area contributed by atoms with Crippen LogP contribution >= 0.6 is 0 Å². The third-order valence-electron chi connectivity index (χ3n) is 2.94. The zero-order valence-corrected chi connectivity index (χ0v) is 12.7. The van der Waals surface area contributed by atoms with Gasteiger partial charge in [-0.05, 0) is 38.3 Å². The van der Waals surface area contributed by atoms with E-state index in [0.717, 1.165) is 17.5 Å². The molecule has 0 heterocycles. The standard InChI is InChI=1S/C16H24N2O2/c1-11(2)5-6-17-15(19)10-18-16(20)14-8-12(3)7-13(4)9-14/h7-9,11H,5-6,10H2,1-4H3,(H,17,19)(H,18,20). The average Bonchev–Trinajstić information content (AvgIpc) is 2.34. The number of carbonyl (C=O) groups excluding carboxylic acids is 2. The Morgan fingerprint density at radius 3 is 2.20 bits per heavy atom. The molecule has 0 saturated carbocycles. The molecule has 2 amide bonds. The molecule has 2 N–H and O–H groups in total. The van der Waals surface area contributed by atoms with Gasteiger partial charge in [-0.2, -0.15) is 0 Å². The molecule has 0 radical (unpaired) electrons. The maximum Gasteiger partial charge on any atom is 0.251 e. The van der Waals surface area contributed by atoms with Crippen molar-refractivity contribution < 1.29 is 9.59 Å². The monoisotopic (exact) mass is 276 g/mol. The quantitative estimate of drug-likeness (QED) is 0.837. The second-order valence-corrected chi connectivity index (χ2v) is 5.59. The van der Waals surface area contributed by atoms with Crippen LogP contribution in [-0.2, 0) is 4.79 Å². The van der Waals surface area contributed by atoms with Gasteiger partial charge < -0.3 is 10.6 Å². The number of amides is 2. The largest absolute Gasteiger partial charge is 0.355 e. The first-order chi connectivity index (χ1) is 9.38. The van der Waals surface area contributed by atoms with Crippen LogP contribution in [0.1, 0.15) is 41.8 Å². The highest BCUT2D eigenvalue weighted by atomic mass is 16.2. The van der Waals surface area contributed by atoms with Crippen LogP contribution in [0.5, 0.6) is 0 Å². The minimum absolute atomic E-state index is 0.0178. The third kappa shape index (κ3) is 5.87. The molecule has 0 spiro atoms. The van der Waals surface area contributed by atoms with E-state index < -0.39 is 0 Å². The molecular formula is C16H24N2O2. The summed E-state index contributed by atoms with van der Waals surface area (Å²) < 4.78 is 0. The number of hydrogen-bond acceptors (Lipinski definition) is 2. The molecule has 20 heavy (non-hydrogen) atoms. The van der Waals surface area contributed by atoms with Gasteiger partial charge in [0.2, 0.25) is 5.91 Å². The number of carbonyl (C=O) groups is 2. The summed E-state index contributed by atoms with van der Waals surface area (Å²) in [6.45, 7) is 8.77. The van der Waals surface area contributed by atoms with Crippen molar-refractivity contribution in [3.8, 4) is 0 Å². The normalized spacial score (nSPS) is 10.4. The summed E-state index contributed by atoms with van der Waals surface area (Å²) in [5.41, 5.74) is 2.67. The van der Waals surface area contributed by atoms with Gasteiger partial charge in [0, 0.05) is 12.1 Å². The zero-order chi connectivity index (χ0) is 15.1. The summed E-state index contributed by atoms with van der Waals surface area (Å²) in [5.74, 6) is 0.194. The van der Waals surface area contributed by atoms with Gasteiger partial charge in [-0.15, -0.1) is 0 Å². The van der Waals surface area contributed by atoms with Gasteiger partial charge >= 0.3 is 0 Å². The number of hydrogen-bond donors (Lipinski definition) is 2. The highest BCUT2D eigenvalue weighted by Crippen LogP contribution is 2.08. The maximum atomic E-state index is 11.9. The van der Waals surface area contributed by atoms with Crippen molar-refractivity contribution in [1.29, 1.82) is 0 Å². The van der Waals surface area contributed by atoms with Crippen molar-refractivity contribution in [3.05, 3.63) is 34.9 Å². The molecule has 0 aromatic heterocycles. The summed E-state index contributed by atoms with van der Waals surface area (Å²) in [7, 11) is 0. The summed E-state index contributed by atoms with van der Waals surface area (Å²) in [6.07, 6.45) is 0.941. The molecule has 0 bridgehead atoms. The van der Waals surface area contributed by atoms with E-state index in [1.54, 1.807) is 0 Å². The lowest BCUT2D eigenvalue weighted by Crippen LogP contribution is -2.37. The second-order valence-electron chi connectivity index (χ2n) is 5.59. The summed E-state index contributed by atoms with van der Waals surface area (Å²) in [6, 6.07) is 5.65. The molecule has 0 aliphatic heterocycles. The van der Waals surface area contributed by atoms with E-state index in [2.05, 4.69) is 24.5 Å². The van der Waals surface area contributed by atoms with E-state index in [4.69, 9.17) is 0 Å². The van der Waals surface area contributed by atoms with Crippen LogP contribution in [0.4, 0.5) is 0 Å². The van der Waals surface area contributed by atoms with Crippen LogP contribution in [0, 0.1) is 19.8 Å². The fraction of sp³-hybridized carbons (Fsp3) is 0.500. The SMILES string of the molecule is Cc1cc(C)cc(C(=O)NCC(=O)NCCC(C)C)c1. The average molecular weight is 276 g/mol. The smallest absolute Gasteiger partial charge is 0.251 e. The lowest BCUT2D eigenvalue weighted by Gasteiger charge is -2.09. The zero-order valence-electron chi connectivity index (χ0n) is 12.7. The molecular weight excluding hydrogens is 252 g/mol. The second kappa shape index (κ2) is 7.68. The van der Waals surface area contributed by atoms with E-state index in [9.17, 15) is 9.59 Å². The Balaban J connectivity index is 2.41. The third-order valence-corrected chi connectivity index (χ3v) is 2.94. The summed E-state index contributed by atoms with van der Waals surface area (Å²) >= 11 is 0. The topological polar surface area (TPSA) is 58.2 Å². The first-order valence-electron chi connectivity index (χ1n) is 7.01. The van der Waals surface area contributed by atoms with Crippen molar-refractivity contribution in [2.45, 2.75) is 34.1 Å². The lowest BCUT2D eigenvalue weighted by molar-refractivity contribution is -0.120. The minimum Gasteiger partial charge on any atom is -0.355 e. The molecule has 1 rings (SSSR count). The van der Waals surface area contributed by atoms with Crippen LogP contribution in [0.2, 0.25) is 0 Å². The highest BCUT2D eigenvalue weighted by molar-refractivity contribution is 5.96. The number of aryl methyl sites for hydroxylation is 2. The van der Waals surface area contributed by atoms with Crippen molar-refractivity contribution in [2.24, 2.45) is 5.92 Å². The molecule has 0 aliphatic carbocycles. The van der Waals surface area contributed by atoms with Crippen molar-refractivity contribution in [2.75, 3.05) is 13.1 Å².